The van der Waals surface area contributed by atoms with Crippen LogP contribution in [0, 0.1) is 18.6 Å². The molecule has 0 fully saturated rings. The van der Waals surface area contributed by atoms with Crippen LogP contribution in [0.1, 0.15) is 21.7 Å². The highest BCUT2D eigenvalue weighted by molar-refractivity contribution is 5.95. The first kappa shape index (κ1) is 17.6. The second-order valence-corrected chi connectivity index (χ2v) is 5.83. The molecule has 0 spiro atoms. The highest BCUT2D eigenvalue weighted by atomic mass is 19.2. The Bertz CT molecular complexity index is 948. The topological polar surface area (TPSA) is 59.0 Å². The molecule has 0 aliphatic carbocycles. The lowest BCUT2D eigenvalue weighted by molar-refractivity contribution is 0.0988. The zero-order chi connectivity index (χ0) is 18.7. The predicted octanol–water partition coefficient (Wildman–Crippen LogP) is 3.65. The molecule has 5 nitrogen and oxygen atoms in total. The highest BCUT2D eigenvalue weighted by Gasteiger charge is 2.18. The number of hydrogen-bond donors (Lipinski definition) is 0. The summed E-state index contributed by atoms with van der Waals surface area (Å²) in [6, 6.07) is 7.59. The van der Waals surface area contributed by atoms with Gasteiger partial charge in [0.25, 0.3) is 0 Å². The molecule has 0 unspecified atom stereocenters. The zero-order valence-electron chi connectivity index (χ0n) is 14.3. The van der Waals surface area contributed by atoms with Crippen molar-refractivity contribution in [1.82, 2.24) is 15.0 Å². The number of benzene rings is 1. The van der Waals surface area contributed by atoms with Crippen molar-refractivity contribution in [3.8, 4) is 0 Å². The third-order valence-electron chi connectivity index (χ3n) is 3.90. The number of anilines is 2. The first-order valence-corrected chi connectivity index (χ1v) is 7.89. The molecule has 26 heavy (non-hydrogen) atoms. The standard InChI is InChI=1S/C19H16F2N4O/c1-12-4-3-5-16(24-12)18(26)8-13-6-15(20)19(21)17(7-13)25(2)14-9-22-11-23-10-14/h3-7,9-11H,8H2,1-2H3. The summed E-state index contributed by atoms with van der Waals surface area (Å²) < 4.78 is 28.3. The average Bonchev–Trinajstić information content (AvgIpc) is 2.64. The summed E-state index contributed by atoms with van der Waals surface area (Å²) in [4.78, 5) is 25.7. The molecule has 0 N–H and O–H groups in total. The van der Waals surface area contributed by atoms with Gasteiger partial charge in [0.05, 0.1) is 23.8 Å². The zero-order valence-corrected chi connectivity index (χ0v) is 14.3. The van der Waals surface area contributed by atoms with Gasteiger partial charge in [-0.25, -0.2) is 18.7 Å². The lowest BCUT2D eigenvalue weighted by Crippen LogP contribution is -2.14. The van der Waals surface area contributed by atoms with Crippen LogP contribution < -0.4 is 4.90 Å². The Morgan fingerprint density at radius 3 is 2.58 bits per heavy atom. The fourth-order valence-corrected chi connectivity index (χ4v) is 2.55. The van der Waals surface area contributed by atoms with Gasteiger partial charge in [-0.2, -0.15) is 0 Å². The maximum atomic E-state index is 14.3. The van der Waals surface area contributed by atoms with Crippen LogP contribution in [-0.4, -0.2) is 27.8 Å². The Kier molecular flexibility index (Phi) is 4.97. The van der Waals surface area contributed by atoms with E-state index in [1.165, 1.54) is 29.7 Å². The van der Waals surface area contributed by atoms with Gasteiger partial charge in [0.15, 0.2) is 17.4 Å². The van der Waals surface area contributed by atoms with E-state index in [4.69, 9.17) is 0 Å². The Labute approximate surface area is 149 Å². The first-order valence-electron chi connectivity index (χ1n) is 7.89. The van der Waals surface area contributed by atoms with Crippen molar-refractivity contribution < 1.29 is 13.6 Å². The van der Waals surface area contributed by atoms with Crippen molar-refractivity contribution in [2.45, 2.75) is 13.3 Å². The summed E-state index contributed by atoms with van der Waals surface area (Å²) in [5.41, 5.74) is 1.86. The van der Waals surface area contributed by atoms with Crippen LogP contribution in [0.25, 0.3) is 0 Å². The number of hydrogen-bond acceptors (Lipinski definition) is 5. The van der Waals surface area contributed by atoms with Gasteiger partial charge in [-0.15, -0.1) is 0 Å². The minimum absolute atomic E-state index is 0.000184. The van der Waals surface area contributed by atoms with Crippen molar-refractivity contribution in [3.63, 3.8) is 0 Å². The molecule has 0 bridgehead atoms. The number of carbonyl (C=O) groups excluding carboxylic acids is 1. The minimum atomic E-state index is -1.02. The molecule has 0 saturated heterocycles. The molecule has 3 aromatic rings. The lowest BCUT2D eigenvalue weighted by atomic mass is 10.0. The fourth-order valence-electron chi connectivity index (χ4n) is 2.55. The average molecular weight is 354 g/mol. The van der Waals surface area contributed by atoms with Gasteiger partial charge < -0.3 is 4.90 Å². The predicted molar refractivity (Wildman–Crippen MR) is 93.5 cm³/mol. The molecular formula is C19H16F2N4O. The molecule has 0 atom stereocenters. The first-order chi connectivity index (χ1) is 12.5. The third kappa shape index (κ3) is 3.72. The van der Waals surface area contributed by atoms with E-state index in [-0.39, 0.29) is 17.9 Å². The number of aryl methyl sites for hydroxylation is 1. The lowest BCUT2D eigenvalue weighted by Gasteiger charge is -2.20. The number of Topliss-reactive ketones (excluding diaryl/α,β-unsaturated/α-hetero) is 1. The van der Waals surface area contributed by atoms with Crippen LogP contribution in [0.2, 0.25) is 0 Å². The molecule has 0 amide bonds. The second-order valence-electron chi connectivity index (χ2n) is 5.83. The van der Waals surface area contributed by atoms with Gasteiger partial charge in [-0.05, 0) is 36.8 Å². The Morgan fingerprint density at radius 2 is 1.88 bits per heavy atom. The van der Waals surface area contributed by atoms with Crippen LogP contribution in [0.3, 0.4) is 0 Å². The van der Waals surface area contributed by atoms with E-state index in [1.54, 1.807) is 32.2 Å². The van der Waals surface area contributed by atoms with Gasteiger partial charge in [0.2, 0.25) is 0 Å². The number of aromatic nitrogens is 3. The molecule has 0 saturated carbocycles. The monoisotopic (exact) mass is 354 g/mol. The van der Waals surface area contributed by atoms with E-state index in [9.17, 15) is 13.6 Å². The molecule has 132 valence electrons. The molecule has 1 aromatic carbocycles. The van der Waals surface area contributed by atoms with Gasteiger partial charge in [-0.1, -0.05) is 6.07 Å². The van der Waals surface area contributed by atoms with Crippen molar-refractivity contribution in [3.05, 3.63) is 77.6 Å². The largest absolute Gasteiger partial charge is 0.340 e. The van der Waals surface area contributed by atoms with Crippen LogP contribution in [0.4, 0.5) is 20.2 Å². The number of rotatable bonds is 5. The van der Waals surface area contributed by atoms with Crippen molar-refractivity contribution >= 4 is 17.2 Å². The summed E-state index contributed by atoms with van der Waals surface area (Å²) in [7, 11) is 1.57. The van der Waals surface area contributed by atoms with Crippen molar-refractivity contribution in [2.24, 2.45) is 0 Å². The van der Waals surface area contributed by atoms with Crippen LogP contribution in [-0.2, 0) is 6.42 Å². The van der Waals surface area contributed by atoms with E-state index < -0.39 is 11.6 Å². The summed E-state index contributed by atoms with van der Waals surface area (Å²) in [6.45, 7) is 1.78. The summed E-state index contributed by atoms with van der Waals surface area (Å²) in [6.07, 6.45) is 4.23. The van der Waals surface area contributed by atoms with Gasteiger partial charge in [0, 0.05) is 19.2 Å². The minimum Gasteiger partial charge on any atom is -0.340 e. The Balaban J connectivity index is 1.92. The molecule has 0 aliphatic heterocycles. The van der Waals surface area contributed by atoms with Gasteiger partial charge in [0.1, 0.15) is 12.0 Å². The molecule has 2 heterocycles. The van der Waals surface area contributed by atoms with E-state index in [1.807, 2.05) is 0 Å². The second kappa shape index (κ2) is 7.35. The van der Waals surface area contributed by atoms with Crippen LogP contribution in [0.15, 0.2) is 49.1 Å². The summed E-state index contributed by atoms with van der Waals surface area (Å²) in [5.74, 6) is -2.29. The fraction of sp³-hybridized carbons (Fsp3) is 0.158. The molecule has 2 aromatic heterocycles. The van der Waals surface area contributed by atoms with Crippen molar-refractivity contribution in [1.29, 1.82) is 0 Å². The molecule has 0 radical (unpaired) electrons. The number of ketones is 1. The van der Waals surface area contributed by atoms with E-state index >= 15 is 0 Å². The quantitative estimate of drug-likeness (QED) is 0.655. The van der Waals surface area contributed by atoms with E-state index in [0.717, 1.165) is 6.07 Å². The molecular weight excluding hydrogens is 338 g/mol. The molecule has 3 rings (SSSR count). The van der Waals surface area contributed by atoms with E-state index in [0.29, 0.717) is 22.6 Å². The Morgan fingerprint density at radius 1 is 1.15 bits per heavy atom. The maximum Gasteiger partial charge on any atom is 0.185 e. The van der Waals surface area contributed by atoms with Crippen LogP contribution in [0.5, 0.6) is 0 Å². The van der Waals surface area contributed by atoms with Crippen LogP contribution >= 0.6 is 0 Å². The number of nitrogens with zero attached hydrogens (tertiary/aromatic N) is 4. The smallest absolute Gasteiger partial charge is 0.185 e. The number of carbonyl (C=O) groups is 1. The SMILES string of the molecule is Cc1cccc(C(=O)Cc2cc(F)c(F)c(N(C)c3cncnc3)c2)n1. The number of halogens is 2. The van der Waals surface area contributed by atoms with Gasteiger partial charge >= 0.3 is 0 Å². The third-order valence-corrected chi connectivity index (χ3v) is 3.90. The normalized spacial score (nSPS) is 10.6. The molecule has 0 aliphatic rings. The maximum absolute atomic E-state index is 14.3. The van der Waals surface area contributed by atoms with Gasteiger partial charge in [-0.3, -0.25) is 9.78 Å². The Hall–Kier alpha value is -3.22. The number of pyridine rings is 1. The van der Waals surface area contributed by atoms with E-state index in [2.05, 4.69) is 15.0 Å². The highest BCUT2D eigenvalue weighted by Crippen LogP contribution is 2.28. The summed E-state index contributed by atoms with van der Waals surface area (Å²) in [5, 5.41) is 0. The summed E-state index contributed by atoms with van der Waals surface area (Å²) >= 11 is 0. The van der Waals surface area contributed by atoms with Crippen molar-refractivity contribution in [2.75, 3.05) is 11.9 Å². The molecule has 7 heteroatoms.